The van der Waals surface area contributed by atoms with Crippen molar-refractivity contribution in [3.63, 3.8) is 0 Å². The van der Waals surface area contributed by atoms with E-state index in [2.05, 4.69) is 24.5 Å². The lowest BCUT2D eigenvalue weighted by Crippen LogP contribution is -2.33. The smallest absolute Gasteiger partial charge is 0.251 e. The van der Waals surface area contributed by atoms with Crippen molar-refractivity contribution in [2.24, 2.45) is 5.92 Å². The Balaban J connectivity index is 1.99. The zero-order chi connectivity index (χ0) is 25.8. The molecule has 0 fully saturated rings. The van der Waals surface area contributed by atoms with E-state index in [0.717, 1.165) is 6.42 Å². The molecule has 2 aromatic carbocycles. The van der Waals surface area contributed by atoms with Gasteiger partial charge in [-0.25, -0.2) is 8.51 Å². The van der Waals surface area contributed by atoms with Crippen LogP contribution in [0.1, 0.15) is 54.3 Å². The Kier molecular flexibility index (Phi) is 11.7. The Hall–Kier alpha value is -2.91. The molecule has 0 bridgehead atoms. The van der Waals surface area contributed by atoms with Crippen molar-refractivity contribution in [1.29, 1.82) is 0 Å². The first-order chi connectivity index (χ1) is 16.8. The van der Waals surface area contributed by atoms with Crippen LogP contribution in [0, 0.1) is 5.92 Å². The van der Waals surface area contributed by atoms with Gasteiger partial charge in [0.15, 0.2) is 0 Å². The summed E-state index contributed by atoms with van der Waals surface area (Å²) in [7, 11) is 1.78. The van der Waals surface area contributed by atoms with Crippen molar-refractivity contribution in [2.45, 2.75) is 38.5 Å². The first kappa shape index (κ1) is 28.3. The van der Waals surface area contributed by atoms with E-state index in [-0.39, 0.29) is 11.8 Å². The third-order valence-corrected chi connectivity index (χ3v) is 6.61. The predicted octanol–water partition coefficient (Wildman–Crippen LogP) is 3.64. The van der Waals surface area contributed by atoms with E-state index in [0.29, 0.717) is 66.0 Å². The second-order valence-electron chi connectivity index (χ2n) is 8.52. The Bertz CT molecular complexity index is 995. The summed E-state index contributed by atoms with van der Waals surface area (Å²) in [4.78, 5) is 25.8. The summed E-state index contributed by atoms with van der Waals surface area (Å²) < 4.78 is 25.5. The van der Waals surface area contributed by atoms with Gasteiger partial charge < -0.3 is 20.1 Å². The molecule has 2 aromatic rings. The van der Waals surface area contributed by atoms with Gasteiger partial charge in [-0.15, -0.1) is 0 Å². The summed E-state index contributed by atoms with van der Waals surface area (Å²) in [6, 6.07) is 12.0. The van der Waals surface area contributed by atoms with Crippen molar-refractivity contribution >= 4 is 22.8 Å². The zero-order valence-electron chi connectivity index (χ0n) is 21.3. The summed E-state index contributed by atoms with van der Waals surface area (Å²) in [6.45, 7) is 8.32. The molecule has 0 aliphatic heterocycles. The highest BCUT2D eigenvalue weighted by molar-refractivity contribution is 7.82. The molecule has 0 radical (unpaired) electrons. The highest BCUT2D eigenvalue weighted by Gasteiger charge is 2.17. The highest BCUT2D eigenvalue weighted by atomic mass is 32.2. The minimum atomic E-state index is -1.31. The van der Waals surface area contributed by atoms with Gasteiger partial charge in [0.25, 0.3) is 11.8 Å². The number of amides is 2. The minimum Gasteiger partial charge on any atom is -0.497 e. The molecule has 0 aromatic heterocycles. The third-order valence-electron chi connectivity index (χ3n) is 5.14. The normalized spacial score (nSPS) is 11.9. The summed E-state index contributed by atoms with van der Waals surface area (Å²) in [5.74, 6) is 0.954. The molecule has 35 heavy (non-hydrogen) atoms. The van der Waals surface area contributed by atoms with E-state index in [1.807, 2.05) is 11.2 Å². The number of benzene rings is 2. The number of hydrogen-bond donors (Lipinski definition) is 2. The molecule has 0 aliphatic rings. The quantitative estimate of drug-likeness (QED) is 0.384. The summed E-state index contributed by atoms with van der Waals surface area (Å²) in [6.07, 6.45) is 1.44. The number of carbonyl (C=O) groups excluding carboxylic acids is 2. The van der Waals surface area contributed by atoms with E-state index in [1.54, 1.807) is 49.6 Å². The van der Waals surface area contributed by atoms with Gasteiger partial charge in [-0.2, -0.15) is 0 Å². The molecule has 1 unspecified atom stereocenters. The number of carbonyl (C=O) groups is 2. The lowest BCUT2D eigenvalue weighted by atomic mass is 10.1. The van der Waals surface area contributed by atoms with Gasteiger partial charge >= 0.3 is 0 Å². The van der Waals surface area contributed by atoms with E-state index < -0.39 is 11.0 Å². The fraction of sp³-hybridized carbons (Fsp3) is 0.462. The molecular weight excluding hydrogens is 466 g/mol. The van der Waals surface area contributed by atoms with Crippen molar-refractivity contribution in [2.75, 3.05) is 40.4 Å². The van der Waals surface area contributed by atoms with Gasteiger partial charge in [0, 0.05) is 37.3 Å². The Labute approximate surface area is 211 Å². The SMILES string of the molecule is CCCNC(=O)c1cc(OC)cc(C(=O)NCCCN(CC(C)C)S(=O)c2ccc(OC)cc2)c1. The lowest BCUT2D eigenvalue weighted by molar-refractivity contribution is 0.0952. The van der Waals surface area contributed by atoms with E-state index in [9.17, 15) is 13.8 Å². The van der Waals surface area contributed by atoms with Gasteiger partial charge in [0.1, 0.15) is 22.5 Å². The standard InChI is InChI=1S/C26H37N3O5S/c1-6-12-27-25(30)20-15-21(17-23(16-20)34-5)26(31)28-13-7-14-29(18-19(2)3)35(32)24-10-8-22(33-4)9-11-24/h8-11,15-17,19H,6-7,12-14,18H2,1-5H3,(H,27,30)(H,28,31). The van der Waals surface area contributed by atoms with Crippen LogP contribution >= 0.6 is 0 Å². The van der Waals surface area contributed by atoms with Gasteiger partial charge in [0.2, 0.25) is 0 Å². The van der Waals surface area contributed by atoms with Crippen LogP contribution in [0.25, 0.3) is 0 Å². The molecule has 2 amide bonds. The summed E-state index contributed by atoms with van der Waals surface area (Å²) >= 11 is 0. The van der Waals surface area contributed by atoms with Crippen LogP contribution in [0.3, 0.4) is 0 Å². The van der Waals surface area contributed by atoms with Gasteiger partial charge in [0.05, 0.1) is 19.1 Å². The number of rotatable bonds is 14. The van der Waals surface area contributed by atoms with Crippen molar-refractivity contribution in [3.8, 4) is 11.5 Å². The molecule has 0 spiro atoms. The van der Waals surface area contributed by atoms with Crippen LogP contribution in [-0.4, -0.2) is 60.7 Å². The fourth-order valence-electron chi connectivity index (χ4n) is 3.37. The van der Waals surface area contributed by atoms with Crippen LogP contribution < -0.4 is 20.1 Å². The number of methoxy groups -OCH3 is 2. The van der Waals surface area contributed by atoms with Crippen molar-refractivity contribution in [3.05, 3.63) is 53.6 Å². The van der Waals surface area contributed by atoms with E-state index in [4.69, 9.17) is 9.47 Å². The first-order valence-electron chi connectivity index (χ1n) is 11.8. The molecule has 0 aliphatic carbocycles. The van der Waals surface area contributed by atoms with Crippen LogP contribution in [0.2, 0.25) is 0 Å². The molecule has 0 saturated carbocycles. The fourth-order valence-corrected chi connectivity index (χ4v) is 4.76. The summed E-state index contributed by atoms with van der Waals surface area (Å²) in [5, 5.41) is 5.70. The Morgan fingerprint density at radius 1 is 0.914 bits per heavy atom. The Morgan fingerprint density at radius 2 is 1.49 bits per heavy atom. The molecule has 1 atom stereocenters. The molecule has 9 heteroatoms. The number of hydrogen-bond acceptors (Lipinski definition) is 5. The van der Waals surface area contributed by atoms with Crippen LogP contribution in [-0.2, 0) is 11.0 Å². The minimum absolute atomic E-state index is 0.245. The maximum Gasteiger partial charge on any atom is 0.251 e. The first-order valence-corrected chi connectivity index (χ1v) is 13.0. The second-order valence-corrected chi connectivity index (χ2v) is 10.0. The maximum absolute atomic E-state index is 13.1. The number of nitrogens with zero attached hydrogens (tertiary/aromatic N) is 1. The van der Waals surface area contributed by atoms with Crippen LogP contribution in [0.4, 0.5) is 0 Å². The molecule has 2 rings (SSSR count). The molecular formula is C26H37N3O5S. The van der Waals surface area contributed by atoms with Crippen molar-refractivity contribution in [1.82, 2.24) is 14.9 Å². The topological polar surface area (TPSA) is 97.0 Å². The average Bonchev–Trinajstić information content (AvgIpc) is 2.87. The summed E-state index contributed by atoms with van der Waals surface area (Å²) in [5.41, 5.74) is 0.729. The molecule has 8 nitrogen and oxygen atoms in total. The molecule has 0 heterocycles. The lowest BCUT2D eigenvalue weighted by Gasteiger charge is -2.23. The highest BCUT2D eigenvalue weighted by Crippen LogP contribution is 2.19. The maximum atomic E-state index is 13.1. The molecule has 0 saturated heterocycles. The van der Waals surface area contributed by atoms with Gasteiger partial charge in [-0.1, -0.05) is 20.8 Å². The predicted molar refractivity (Wildman–Crippen MR) is 138 cm³/mol. The van der Waals surface area contributed by atoms with Crippen molar-refractivity contribution < 1.29 is 23.3 Å². The largest absolute Gasteiger partial charge is 0.497 e. The van der Waals surface area contributed by atoms with E-state index in [1.165, 1.54) is 7.11 Å². The second kappa shape index (κ2) is 14.5. The third kappa shape index (κ3) is 8.99. The van der Waals surface area contributed by atoms with Crippen LogP contribution in [0.15, 0.2) is 47.4 Å². The molecule has 192 valence electrons. The van der Waals surface area contributed by atoms with E-state index >= 15 is 0 Å². The van der Waals surface area contributed by atoms with Gasteiger partial charge in [-0.3, -0.25) is 9.59 Å². The monoisotopic (exact) mass is 503 g/mol. The Morgan fingerprint density at radius 3 is 2.00 bits per heavy atom. The van der Waals surface area contributed by atoms with Crippen LogP contribution in [0.5, 0.6) is 11.5 Å². The number of ether oxygens (including phenoxy) is 2. The molecule has 2 N–H and O–H groups in total. The number of nitrogens with one attached hydrogen (secondary N) is 2. The average molecular weight is 504 g/mol. The van der Waals surface area contributed by atoms with Gasteiger partial charge in [-0.05, 0) is 61.2 Å². The zero-order valence-corrected chi connectivity index (χ0v) is 22.1.